The molecule has 10 heteroatoms. The zero-order valence-electron chi connectivity index (χ0n) is 14.1. The third kappa shape index (κ3) is 3.05. The molecule has 0 N–H and O–H groups in total. The van der Waals surface area contributed by atoms with Crippen LogP contribution in [0.25, 0.3) is 0 Å². The Bertz CT molecular complexity index is 742. The Morgan fingerprint density at radius 1 is 1.25 bits per heavy atom. The fourth-order valence-electron chi connectivity index (χ4n) is 3.07. The lowest BCUT2D eigenvalue weighted by molar-refractivity contribution is -0.384. The molecule has 130 valence electrons. The Kier molecular flexibility index (Phi) is 4.65. The molecular weight excluding hydrogens is 330 g/mol. The van der Waals surface area contributed by atoms with Crippen LogP contribution in [0.15, 0.2) is 0 Å². The Morgan fingerprint density at radius 2 is 1.96 bits per heavy atom. The topological polar surface area (TPSA) is 93.2 Å². The van der Waals surface area contributed by atoms with E-state index in [1.807, 2.05) is 13.8 Å². The molecule has 0 amide bonds. The van der Waals surface area contributed by atoms with Gasteiger partial charge in [0.25, 0.3) is 0 Å². The molecule has 3 heterocycles. The number of rotatable bonds is 4. The minimum atomic E-state index is -0.308. The van der Waals surface area contributed by atoms with Gasteiger partial charge in [-0.1, -0.05) is 6.92 Å². The molecule has 0 bridgehead atoms. The van der Waals surface area contributed by atoms with Gasteiger partial charge in [0.15, 0.2) is 0 Å². The highest BCUT2D eigenvalue weighted by molar-refractivity contribution is 7.09. The maximum atomic E-state index is 11.5. The largest absolute Gasteiger partial charge is 0.349 e. The van der Waals surface area contributed by atoms with Crippen LogP contribution in [-0.2, 0) is 13.5 Å². The zero-order chi connectivity index (χ0) is 17.3. The Balaban J connectivity index is 1.84. The molecule has 0 radical (unpaired) electrons. The fraction of sp³-hybridized carbons (Fsp3) is 0.643. The van der Waals surface area contributed by atoms with Crippen molar-refractivity contribution in [2.45, 2.75) is 26.7 Å². The van der Waals surface area contributed by atoms with E-state index < -0.39 is 0 Å². The van der Waals surface area contributed by atoms with Gasteiger partial charge in [-0.15, -0.1) is 0 Å². The maximum absolute atomic E-state index is 11.5. The molecule has 2 aromatic heterocycles. The van der Waals surface area contributed by atoms with E-state index in [0.29, 0.717) is 24.5 Å². The van der Waals surface area contributed by atoms with Crippen LogP contribution in [0.2, 0.25) is 0 Å². The highest BCUT2D eigenvalue weighted by Gasteiger charge is 2.30. The molecule has 2 aromatic rings. The summed E-state index contributed by atoms with van der Waals surface area (Å²) >= 11 is 1.40. The molecular formula is C14H21N7O2S. The first-order valence-electron chi connectivity index (χ1n) is 8.01. The summed E-state index contributed by atoms with van der Waals surface area (Å²) in [5.74, 6) is 1.39. The highest BCUT2D eigenvalue weighted by atomic mass is 32.1. The Labute approximate surface area is 144 Å². The first kappa shape index (κ1) is 16.6. The van der Waals surface area contributed by atoms with Crippen LogP contribution in [0.1, 0.15) is 24.9 Å². The van der Waals surface area contributed by atoms with Crippen LogP contribution in [0.4, 0.5) is 16.6 Å². The average Bonchev–Trinajstić information content (AvgIpc) is 3.02. The van der Waals surface area contributed by atoms with E-state index in [0.717, 1.165) is 37.0 Å². The summed E-state index contributed by atoms with van der Waals surface area (Å²) in [7, 11) is 1.78. The Hall–Kier alpha value is -2.23. The van der Waals surface area contributed by atoms with Crippen molar-refractivity contribution in [3.8, 4) is 0 Å². The third-order valence-electron chi connectivity index (χ3n) is 4.16. The molecule has 0 saturated carbocycles. The number of anilines is 2. The second-order valence-corrected chi connectivity index (χ2v) is 6.54. The quantitative estimate of drug-likeness (QED) is 0.612. The lowest BCUT2D eigenvalue weighted by atomic mass is 10.2. The third-order valence-corrected chi connectivity index (χ3v) is 5.03. The highest BCUT2D eigenvalue weighted by Crippen LogP contribution is 2.32. The molecule has 1 aliphatic rings. The normalized spacial score (nSPS) is 15.6. The molecule has 0 atom stereocenters. The monoisotopic (exact) mass is 351 g/mol. The number of nitro groups is 1. The molecule has 0 spiro atoms. The predicted octanol–water partition coefficient (Wildman–Crippen LogP) is 1.77. The minimum Gasteiger partial charge on any atom is -0.349 e. The van der Waals surface area contributed by atoms with Crippen molar-refractivity contribution in [1.82, 2.24) is 19.1 Å². The van der Waals surface area contributed by atoms with Crippen molar-refractivity contribution in [3.05, 3.63) is 21.6 Å². The van der Waals surface area contributed by atoms with E-state index in [9.17, 15) is 10.1 Å². The molecule has 0 unspecified atom stereocenters. The summed E-state index contributed by atoms with van der Waals surface area (Å²) in [6.45, 7) is 6.87. The first-order valence-corrected chi connectivity index (χ1v) is 8.79. The van der Waals surface area contributed by atoms with Crippen LogP contribution in [0, 0.1) is 17.0 Å². The number of nitrogens with zero attached hydrogens (tertiary/aromatic N) is 7. The van der Waals surface area contributed by atoms with Gasteiger partial charge < -0.3 is 9.80 Å². The molecule has 3 rings (SSSR count). The second kappa shape index (κ2) is 6.71. The van der Waals surface area contributed by atoms with E-state index in [4.69, 9.17) is 0 Å². The SMILES string of the molecule is CCc1nn(C)c(N2CCCN(c3nc(C)ns3)CC2)c1[N+](=O)[O-]. The van der Waals surface area contributed by atoms with Gasteiger partial charge in [0.2, 0.25) is 10.9 Å². The molecule has 1 aliphatic heterocycles. The van der Waals surface area contributed by atoms with E-state index in [2.05, 4.69) is 24.3 Å². The molecule has 1 saturated heterocycles. The van der Waals surface area contributed by atoms with Crippen LogP contribution in [0.3, 0.4) is 0 Å². The molecule has 1 fully saturated rings. The fourth-order valence-corrected chi connectivity index (χ4v) is 3.80. The molecule has 9 nitrogen and oxygen atoms in total. The summed E-state index contributed by atoms with van der Waals surface area (Å²) in [6.07, 6.45) is 1.45. The van der Waals surface area contributed by atoms with Crippen LogP contribution >= 0.6 is 11.5 Å². The van der Waals surface area contributed by atoms with Crippen molar-refractivity contribution in [2.24, 2.45) is 7.05 Å². The summed E-state index contributed by atoms with van der Waals surface area (Å²) in [4.78, 5) is 19.9. The van der Waals surface area contributed by atoms with Gasteiger partial charge in [0, 0.05) is 44.8 Å². The number of hydrogen-bond donors (Lipinski definition) is 0. The van der Waals surface area contributed by atoms with Gasteiger partial charge in [-0.25, -0.2) is 9.67 Å². The number of aromatic nitrogens is 4. The van der Waals surface area contributed by atoms with Crippen LogP contribution < -0.4 is 9.80 Å². The minimum absolute atomic E-state index is 0.139. The van der Waals surface area contributed by atoms with Gasteiger partial charge in [0.1, 0.15) is 11.5 Å². The van der Waals surface area contributed by atoms with Gasteiger partial charge in [-0.05, 0) is 19.8 Å². The van der Waals surface area contributed by atoms with Crippen molar-refractivity contribution >= 4 is 28.2 Å². The van der Waals surface area contributed by atoms with E-state index >= 15 is 0 Å². The van der Waals surface area contributed by atoms with Crippen molar-refractivity contribution in [1.29, 1.82) is 0 Å². The lowest BCUT2D eigenvalue weighted by Gasteiger charge is -2.22. The van der Waals surface area contributed by atoms with Gasteiger partial charge >= 0.3 is 5.69 Å². The first-order chi connectivity index (χ1) is 11.5. The molecule has 0 aliphatic carbocycles. The standard InChI is InChI=1S/C14H21N7O2S/c1-4-11-12(21(22)23)13(18(3)16-11)19-6-5-7-20(9-8-19)14-15-10(2)17-24-14/h4-9H2,1-3H3. The summed E-state index contributed by atoms with van der Waals surface area (Å²) in [6, 6.07) is 0. The van der Waals surface area contributed by atoms with Crippen LogP contribution in [0.5, 0.6) is 0 Å². The van der Waals surface area contributed by atoms with E-state index in [1.54, 1.807) is 11.7 Å². The second-order valence-electron chi connectivity index (χ2n) is 5.80. The Morgan fingerprint density at radius 3 is 2.58 bits per heavy atom. The molecule has 0 aromatic carbocycles. The smallest absolute Gasteiger partial charge is 0.334 e. The van der Waals surface area contributed by atoms with E-state index in [1.165, 1.54) is 11.5 Å². The van der Waals surface area contributed by atoms with E-state index in [-0.39, 0.29) is 10.6 Å². The van der Waals surface area contributed by atoms with Gasteiger partial charge in [-0.3, -0.25) is 10.1 Å². The summed E-state index contributed by atoms with van der Waals surface area (Å²) < 4.78 is 5.88. The summed E-state index contributed by atoms with van der Waals surface area (Å²) in [5.41, 5.74) is 0.679. The zero-order valence-corrected chi connectivity index (χ0v) is 14.9. The van der Waals surface area contributed by atoms with Crippen LogP contribution in [-0.4, -0.2) is 50.2 Å². The summed E-state index contributed by atoms with van der Waals surface area (Å²) in [5, 5.41) is 16.8. The lowest BCUT2D eigenvalue weighted by Crippen LogP contribution is -2.32. The average molecular weight is 351 g/mol. The number of aryl methyl sites for hydroxylation is 3. The van der Waals surface area contributed by atoms with Gasteiger partial charge in [-0.2, -0.15) is 9.47 Å². The molecule has 24 heavy (non-hydrogen) atoms. The van der Waals surface area contributed by atoms with Crippen molar-refractivity contribution < 1.29 is 4.92 Å². The maximum Gasteiger partial charge on any atom is 0.334 e. The van der Waals surface area contributed by atoms with Gasteiger partial charge in [0.05, 0.1) is 4.92 Å². The van der Waals surface area contributed by atoms with Crippen molar-refractivity contribution in [3.63, 3.8) is 0 Å². The number of hydrogen-bond acceptors (Lipinski definition) is 8. The predicted molar refractivity (Wildman–Crippen MR) is 92.9 cm³/mol. The van der Waals surface area contributed by atoms with Crippen molar-refractivity contribution in [2.75, 3.05) is 36.0 Å².